The minimum Gasteiger partial charge on any atom is -0.477 e. The number of carbonyl (C=O) groups is 1. The van der Waals surface area contributed by atoms with E-state index >= 15 is 0 Å². The first-order valence-electron chi connectivity index (χ1n) is 5.14. The number of rotatable bonds is 2. The molecule has 19 heavy (non-hydrogen) atoms. The molecule has 1 aliphatic heterocycles. The lowest BCUT2D eigenvalue weighted by atomic mass is 10.1. The molecule has 9 heteroatoms. The van der Waals surface area contributed by atoms with Crippen LogP contribution in [0.3, 0.4) is 0 Å². The van der Waals surface area contributed by atoms with Gasteiger partial charge in [0.2, 0.25) is 0 Å². The average Bonchev–Trinajstić information content (AvgIpc) is 2.56. The zero-order valence-electron chi connectivity index (χ0n) is 10.3. The number of nitrogens with zero attached hydrogens (tertiary/aromatic N) is 2. The van der Waals surface area contributed by atoms with Gasteiger partial charge in [-0.2, -0.15) is 0 Å². The first kappa shape index (κ1) is 15.5. The second-order valence-electron chi connectivity index (χ2n) is 4.96. The zero-order chi connectivity index (χ0) is 15.2. The van der Waals surface area contributed by atoms with E-state index in [1.54, 1.807) is 0 Å². The van der Waals surface area contributed by atoms with Gasteiger partial charge in [-0.25, -0.2) is 13.6 Å². The van der Waals surface area contributed by atoms with Crippen LogP contribution >= 0.6 is 0 Å². The Morgan fingerprint density at radius 2 is 1.79 bits per heavy atom. The summed E-state index contributed by atoms with van der Waals surface area (Å²) in [6, 6.07) is 0. The Balaban J connectivity index is 3.59. The second-order valence-corrected chi connectivity index (χ2v) is 4.96. The van der Waals surface area contributed by atoms with Gasteiger partial charge < -0.3 is 5.11 Å². The molecule has 1 heterocycles. The first-order chi connectivity index (χ1) is 8.33. The van der Waals surface area contributed by atoms with Gasteiger partial charge in [0.05, 0.1) is 0 Å². The van der Waals surface area contributed by atoms with Crippen molar-refractivity contribution >= 4 is 11.7 Å². The van der Waals surface area contributed by atoms with Gasteiger partial charge >= 0.3 is 12.3 Å². The molecule has 1 unspecified atom stereocenters. The van der Waals surface area contributed by atoms with Gasteiger partial charge in [0.25, 0.3) is 6.43 Å². The molecule has 1 rings (SSSR count). The summed E-state index contributed by atoms with van der Waals surface area (Å²) >= 11 is 0. The van der Waals surface area contributed by atoms with Crippen molar-refractivity contribution in [3.05, 3.63) is 11.8 Å². The molecule has 1 N–H and O–H groups in total. The van der Waals surface area contributed by atoms with Crippen LogP contribution in [0.15, 0.2) is 16.9 Å². The monoisotopic (exact) mass is 287 g/mol. The standard InChI is InChI=1S/C10H11F5N2O2/c1-9(2,3)17(10(13,14)15)4-5(8(18)19)6(16-17)7(11)12/h4,7H,1-3H3/p+1. The summed E-state index contributed by atoms with van der Waals surface area (Å²) in [5.74, 6) is -1.87. The smallest absolute Gasteiger partial charge is 0.477 e. The lowest BCUT2D eigenvalue weighted by Gasteiger charge is -2.38. The number of alkyl halides is 5. The Morgan fingerprint density at radius 1 is 1.32 bits per heavy atom. The van der Waals surface area contributed by atoms with E-state index in [4.69, 9.17) is 5.11 Å². The fraction of sp³-hybridized carbons (Fsp3) is 0.600. The molecule has 0 aliphatic carbocycles. The van der Waals surface area contributed by atoms with Crippen LogP contribution in [0.1, 0.15) is 20.8 Å². The molecule has 0 amide bonds. The van der Waals surface area contributed by atoms with Gasteiger partial charge in [-0.1, -0.05) is 9.69 Å². The molecular formula is C10H12F5N2O2+. The lowest BCUT2D eigenvalue weighted by Crippen LogP contribution is -2.60. The molecule has 1 aliphatic rings. The van der Waals surface area contributed by atoms with Crippen LogP contribution in [0.25, 0.3) is 0 Å². The SMILES string of the molecule is CC(C)(C)[N+]1(C(F)(F)F)C=C(C(=O)O)C(C(F)F)=N1. The maximum Gasteiger partial charge on any atom is 0.591 e. The minimum atomic E-state index is -5.03. The third kappa shape index (κ3) is 2.34. The molecule has 0 spiro atoms. The zero-order valence-corrected chi connectivity index (χ0v) is 10.3. The normalized spacial score (nSPS) is 24.5. The van der Waals surface area contributed by atoms with E-state index in [1.165, 1.54) is 0 Å². The Morgan fingerprint density at radius 3 is 2.00 bits per heavy atom. The molecule has 0 saturated heterocycles. The summed E-state index contributed by atoms with van der Waals surface area (Å²) in [4.78, 5) is 10.8. The van der Waals surface area contributed by atoms with Crippen LogP contribution < -0.4 is 0 Å². The molecule has 0 bridgehead atoms. The number of aliphatic carboxylic acids is 1. The van der Waals surface area contributed by atoms with E-state index in [-0.39, 0.29) is 6.20 Å². The van der Waals surface area contributed by atoms with Crippen molar-refractivity contribution in [2.75, 3.05) is 0 Å². The quantitative estimate of drug-likeness (QED) is 0.482. The van der Waals surface area contributed by atoms with Crippen molar-refractivity contribution in [1.82, 2.24) is 0 Å². The molecule has 0 radical (unpaired) electrons. The number of hydrogen-bond donors (Lipinski definition) is 1. The molecule has 4 nitrogen and oxygen atoms in total. The summed E-state index contributed by atoms with van der Waals surface area (Å²) in [5, 5.41) is 11.7. The highest BCUT2D eigenvalue weighted by Crippen LogP contribution is 2.44. The number of carboxylic acid groups (broad SMARTS) is 1. The largest absolute Gasteiger partial charge is 0.591 e. The Bertz CT molecular complexity index is 446. The van der Waals surface area contributed by atoms with Crippen LogP contribution in [-0.2, 0) is 4.79 Å². The highest BCUT2D eigenvalue weighted by Gasteiger charge is 2.66. The van der Waals surface area contributed by atoms with E-state index in [2.05, 4.69) is 5.10 Å². The molecular weight excluding hydrogens is 275 g/mol. The van der Waals surface area contributed by atoms with Gasteiger partial charge in [0.15, 0.2) is 5.71 Å². The third-order valence-corrected chi connectivity index (χ3v) is 2.70. The number of carboxylic acids is 1. The van der Waals surface area contributed by atoms with Crippen LogP contribution in [0.2, 0.25) is 0 Å². The summed E-state index contributed by atoms with van der Waals surface area (Å²) in [6.45, 7) is 3.40. The fourth-order valence-corrected chi connectivity index (χ4v) is 1.69. The van der Waals surface area contributed by atoms with Gasteiger partial charge in [-0.15, -0.1) is 13.2 Å². The van der Waals surface area contributed by atoms with Gasteiger partial charge in [-0.05, 0) is 20.8 Å². The van der Waals surface area contributed by atoms with Crippen molar-refractivity contribution in [2.45, 2.75) is 39.0 Å². The Kier molecular flexibility index (Phi) is 3.48. The summed E-state index contributed by atoms with van der Waals surface area (Å²) in [6.07, 6.45) is -8.22. The van der Waals surface area contributed by atoms with E-state index in [0.717, 1.165) is 20.8 Å². The number of halogens is 5. The molecule has 108 valence electrons. The molecule has 0 aromatic rings. The van der Waals surface area contributed by atoms with Gasteiger partial charge in [-0.3, -0.25) is 0 Å². The first-order valence-corrected chi connectivity index (χ1v) is 5.14. The van der Waals surface area contributed by atoms with Crippen molar-refractivity contribution in [1.29, 1.82) is 0 Å². The summed E-state index contributed by atoms with van der Waals surface area (Å²) in [5.41, 5.74) is -4.14. The molecule has 0 saturated carbocycles. The van der Waals surface area contributed by atoms with Crippen LogP contribution in [-0.4, -0.2) is 39.6 Å². The second kappa shape index (κ2) is 4.26. The van der Waals surface area contributed by atoms with Crippen LogP contribution in [0, 0.1) is 0 Å². The van der Waals surface area contributed by atoms with E-state index < -0.39 is 40.1 Å². The maximum atomic E-state index is 13.2. The van der Waals surface area contributed by atoms with Gasteiger partial charge in [0.1, 0.15) is 17.3 Å². The van der Waals surface area contributed by atoms with Crippen LogP contribution in [0.5, 0.6) is 0 Å². The predicted octanol–water partition coefficient (Wildman–Crippen LogP) is 2.72. The summed E-state index contributed by atoms with van der Waals surface area (Å²) < 4.78 is 62.7. The maximum absolute atomic E-state index is 13.2. The fourth-order valence-electron chi connectivity index (χ4n) is 1.69. The predicted molar refractivity (Wildman–Crippen MR) is 55.2 cm³/mol. The van der Waals surface area contributed by atoms with Crippen LogP contribution in [0.4, 0.5) is 22.0 Å². The Hall–Kier alpha value is -1.51. The number of quaternary nitrogens is 1. The molecule has 0 fully saturated rings. The highest BCUT2D eigenvalue weighted by atomic mass is 19.4. The number of hydrogen-bond acceptors (Lipinski definition) is 2. The Labute approximate surface area is 105 Å². The lowest BCUT2D eigenvalue weighted by molar-refractivity contribution is -1.03. The summed E-state index contributed by atoms with van der Waals surface area (Å²) in [7, 11) is 0. The van der Waals surface area contributed by atoms with Crippen molar-refractivity contribution in [3.63, 3.8) is 0 Å². The van der Waals surface area contributed by atoms with E-state index in [9.17, 15) is 26.7 Å². The van der Waals surface area contributed by atoms with Crippen molar-refractivity contribution in [3.8, 4) is 0 Å². The van der Waals surface area contributed by atoms with Crippen molar-refractivity contribution in [2.24, 2.45) is 5.10 Å². The third-order valence-electron chi connectivity index (χ3n) is 2.70. The molecule has 0 aromatic carbocycles. The molecule has 0 aromatic heterocycles. The highest BCUT2D eigenvalue weighted by molar-refractivity contribution is 6.20. The van der Waals surface area contributed by atoms with Crippen molar-refractivity contribution < 1.29 is 36.4 Å². The topological polar surface area (TPSA) is 49.7 Å². The van der Waals surface area contributed by atoms with Gasteiger partial charge in [0, 0.05) is 0 Å². The van der Waals surface area contributed by atoms with E-state index in [0.29, 0.717) is 0 Å². The minimum absolute atomic E-state index is 0.212. The van der Waals surface area contributed by atoms with E-state index in [1.807, 2.05) is 0 Å². The molecule has 1 atom stereocenters. The average molecular weight is 287 g/mol.